The van der Waals surface area contributed by atoms with Crippen LogP contribution in [0.1, 0.15) is 0 Å². The molecule has 2 aliphatic carbocycles. The Morgan fingerprint density at radius 2 is 0.654 bits per heavy atom. The van der Waals surface area contributed by atoms with Crippen molar-refractivity contribution in [2.45, 2.75) is 0 Å². The van der Waals surface area contributed by atoms with Crippen LogP contribution in [-0.4, -0.2) is 0 Å². The summed E-state index contributed by atoms with van der Waals surface area (Å²) < 4.78 is 0. The Balaban J connectivity index is 2.16. The van der Waals surface area contributed by atoms with Gasteiger partial charge in [0.05, 0.1) is 0 Å². The Morgan fingerprint density at radius 3 is 1.08 bits per heavy atom. The largest absolute Gasteiger partial charge is 0.289 e. The first-order valence-electron chi connectivity index (χ1n) is 8.85. The summed E-state index contributed by atoms with van der Waals surface area (Å²) in [5, 5.41) is 8.73. The van der Waals surface area contributed by atoms with Crippen LogP contribution in [0.25, 0.3) is 54.2 Å². The predicted octanol–water partition coefficient (Wildman–Crippen LogP) is 6.20. The molecule has 0 spiro atoms. The molecule has 4 aromatic rings. The van der Waals surface area contributed by atoms with Gasteiger partial charge >= 0.3 is 0 Å². The van der Waals surface area contributed by atoms with Gasteiger partial charge in [-0.25, -0.2) is 0 Å². The number of hydrogen-bond acceptors (Lipinski definition) is 1. The molecule has 0 radical (unpaired) electrons. The van der Waals surface area contributed by atoms with E-state index >= 15 is 0 Å². The second-order valence-electron chi connectivity index (χ2n) is 6.88. The van der Waals surface area contributed by atoms with Crippen LogP contribution in [0, 0.1) is 0 Å². The lowest BCUT2D eigenvalue weighted by molar-refractivity contribution is 1.77. The molecule has 0 atom stereocenters. The van der Waals surface area contributed by atoms with E-state index in [0.717, 1.165) is 32.7 Å². The summed E-state index contributed by atoms with van der Waals surface area (Å²) in [4.78, 5) is 13.1. The van der Waals surface area contributed by atoms with Crippen molar-refractivity contribution in [2.24, 2.45) is 0 Å². The average Bonchev–Trinajstić information content (AvgIpc) is 3.00. The van der Waals surface area contributed by atoms with Gasteiger partial charge in [0.15, 0.2) is 5.43 Å². The summed E-state index contributed by atoms with van der Waals surface area (Å²) in [6.45, 7) is 0. The Morgan fingerprint density at radius 1 is 0.346 bits per heavy atom. The van der Waals surface area contributed by atoms with Crippen LogP contribution in [0.4, 0.5) is 0 Å². The minimum absolute atomic E-state index is 0.135. The molecule has 0 saturated heterocycles. The SMILES string of the molecule is O=c1c2cccc3c2-c2c1cccc2c1ccccc1c1ccccc31. The van der Waals surface area contributed by atoms with Crippen molar-refractivity contribution in [3.8, 4) is 11.1 Å². The lowest BCUT2D eigenvalue weighted by Gasteiger charge is -2.12. The maximum absolute atomic E-state index is 13.1. The van der Waals surface area contributed by atoms with E-state index in [-0.39, 0.29) is 5.43 Å². The van der Waals surface area contributed by atoms with Crippen LogP contribution >= 0.6 is 0 Å². The zero-order chi connectivity index (χ0) is 17.3. The molecule has 0 fully saturated rings. The summed E-state index contributed by atoms with van der Waals surface area (Å²) in [6.07, 6.45) is 0. The normalized spacial score (nSPS) is 12.0. The Kier molecular flexibility index (Phi) is 2.55. The smallest absolute Gasteiger partial charge is 0.194 e. The van der Waals surface area contributed by atoms with Crippen LogP contribution in [0.15, 0.2) is 89.7 Å². The molecule has 0 aliphatic heterocycles. The van der Waals surface area contributed by atoms with E-state index in [1.54, 1.807) is 0 Å². The molecule has 0 N–H and O–H groups in total. The van der Waals surface area contributed by atoms with Crippen LogP contribution in [0.3, 0.4) is 0 Å². The lowest BCUT2D eigenvalue weighted by atomic mass is 9.90. The number of hydrogen-bond donors (Lipinski definition) is 0. The summed E-state index contributed by atoms with van der Waals surface area (Å²) in [7, 11) is 0. The van der Waals surface area contributed by atoms with Gasteiger partial charge in [0.2, 0.25) is 0 Å². The molecule has 26 heavy (non-hydrogen) atoms. The molecule has 0 unspecified atom stereocenters. The predicted molar refractivity (Wildman–Crippen MR) is 111 cm³/mol. The van der Waals surface area contributed by atoms with Gasteiger partial charge in [-0.2, -0.15) is 0 Å². The Bertz CT molecular complexity index is 1380. The summed E-state index contributed by atoms with van der Waals surface area (Å²) in [5.41, 5.74) is 2.31. The molecule has 120 valence electrons. The first-order chi connectivity index (χ1) is 12.8. The molecular weight excluding hydrogens is 316 g/mol. The van der Waals surface area contributed by atoms with Gasteiger partial charge in [-0.15, -0.1) is 0 Å². The fourth-order valence-corrected chi connectivity index (χ4v) is 4.52. The first-order valence-corrected chi connectivity index (χ1v) is 8.85. The molecule has 1 heteroatoms. The third-order valence-corrected chi connectivity index (χ3v) is 5.59. The van der Waals surface area contributed by atoms with E-state index in [9.17, 15) is 4.79 Å². The molecule has 1 nitrogen and oxygen atoms in total. The van der Waals surface area contributed by atoms with Gasteiger partial charge in [-0.05, 0) is 32.3 Å². The van der Waals surface area contributed by atoms with Crippen molar-refractivity contribution in [1.29, 1.82) is 0 Å². The van der Waals surface area contributed by atoms with Crippen molar-refractivity contribution in [1.82, 2.24) is 0 Å². The van der Waals surface area contributed by atoms with Gasteiger partial charge in [0.25, 0.3) is 0 Å². The molecule has 0 saturated carbocycles. The van der Waals surface area contributed by atoms with Crippen molar-refractivity contribution in [3.05, 3.63) is 95.2 Å². The van der Waals surface area contributed by atoms with E-state index < -0.39 is 0 Å². The topological polar surface area (TPSA) is 17.1 Å². The molecule has 0 aromatic heterocycles. The summed E-state index contributed by atoms with van der Waals surface area (Å²) in [5.74, 6) is 0. The molecular formula is C25H14O. The van der Waals surface area contributed by atoms with E-state index in [0.29, 0.717) is 0 Å². The zero-order valence-electron chi connectivity index (χ0n) is 14.0. The quantitative estimate of drug-likeness (QED) is 0.324. The maximum atomic E-state index is 13.1. The van der Waals surface area contributed by atoms with Gasteiger partial charge in [-0.1, -0.05) is 84.9 Å². The fourth-order valence-electron chi connectivity index (χ4n) is 4.52. The molecule has 0 bridgehead atoms. The van der Waals surface area contributed by atoms with Gasteiger partial charge in [0, 0.05) is 21.9 Å². The third-order valence-electron chi connectivity index (χ3n) is 5.59. The van der Waals surface area contributed by atoms with Crippen molar-refractivity contribution in [3.63, 3.8) is 0 Å². The van der Waals surface area contributed by atoms with Gasteiger partial charge in [0.1, 0.15) is 0 Å². The minimum Gasteiger partial charge on any atom is -0.289 e. The molecule has 4 aromatic carbocycles. The average molecular weight is 330 g/mol. The van der Waals surface area contributed by atoms with Crippen molar-refractivity contribution >= 4 is 43.1 Å². The van der Waals surface area contributed by atoms with Crippen LogP contribution in [0.2, 0.25) is 0 Å². The lowest BCUT2D eigenvalue weighted by Crippen LogP contribution is -1.92. The van der Waals surface area contributed by atoms with E-state index in [1.165, 1.54) is 21.5 Å². The fraction of sp³-hybridized carbons (Fsp3) is 0. The molecule has 6 rings (SSSR count). The summed E-state index contributed by atoms with van der Waals surface area (Å²) in [6, 6.07) is 29.2. The maximum Gasteiger partial charge on any atom is 0.194 e. The Hall–Kier alpha value is -3.45. The highest BCUT2D eigenvalue weighted by atomic mass is 16.1. The van der Waals surface area contributed by atoms with Gasteiger partial charge < -0.3 is 0 Å². The van der Waals surface area contributed by atoms with Crippen molar-refractivity contribution < 1.29 is 0 Å². The highest BCUT2D eigenvalue weighted by Crippen LogP contribution is 2.43. The monoisotopic (exact) mass is 330 g/mol. The minimum atomic E-state index is 0.135. The van der Waals surface area contributed by atoms with Crippen LogP contribution < -0.4 is 5.43 Å². The van der Waals surface area contributed by atoms with Crippen LogP contribution in [-0.2, 0) is 0 Å². The Labute approximate surface area is 149 Å². The van der Waals surface area contributed by atoms with E-state index in [1.807, 2.05) is 24.3 Å². The van der Waals surface area contributed by atoms with Crippen molar-refractivity contribution in [2.75, 3.05) is 0 Å². The zero-order valence-corrected chi connectivity index (χ0v) is 14.0. The van der Waals surface area contributed by atoms with Crippen LogP contribution in [0.5, 0.6) is 0 Å². The van der Waals surface area contributed by atoms with Gasteiger partial charge in [-0.3, -0.25) is 4.79 Å². The standard InChI is InChI=1S/C25H14O/c26-25-21-13-5-11-19-17-9-3-1-7-15(17)16-8-2-4-10-18(16)20-12-6-14-22(25)24(20)23(19)21/h1-14H. The van der Waals surface area contributed by atoms with E-state index in [2.05, 4.69) is 60.7 Å². The molecule has 2 aliphatic rings. The number of benzene rings is 4. The third kappa shape index (κ3) is 1.58. The highest BCUT2D eigenvalue weighted by molar-refractivity contribution is 6.27. The number of fused-ring (bicyclic) bond motifs is 5. The first kappa shape index (κ1) is 13.8. The van der Waals surface area contributed by atoms with E-state index in [4.69, 9.17) is 0 Å². The summed E-state index contributed by atoms with van der Waals surface area (Å²) >= 11 is 0. The molecule has 0 heterocycles. The molecule has 0 amide bonds. The second kappa shape index (κ2) is 4.80. The highest BCUT2D eigenvalue weighted by Gasteiger charge is 2.21. The second-order valence-corrected chi connectivity index (χ2v) is 6.88. The number of rotatable bonds is 0.